The Bertz CT molecular complexity index is 408. The molecule has 0 aliphatic rings. The third kappa shape index (κ3) is 5.71. The molecule has 0 heterocycles. The van der Waals surface area contributed by atoms with Crippen LogP contribution >= 0.6 is 15.9 Å². The van der Waals surface area contributed by atoms with Crippen molar-refractivity contribution in [2.24, 2.45) is 5.73 Å². The van der Waals surface area contributed by atoms with Crippen LogP contribution in [0.25, 0.3) is 0 Å². The van der Waals surface area contributed by atoms with Gasteiger partial charge in [-0.1, -0.05) is 26.2 Å². The van der Waals surface area contributed by atoms with Gasteiger partial charge in [0.1, 0.15) is 0 Å². The number of methoxy groups -OCH3 is 1. The molecule has 0 fully saturated rings. The van der Waals surface area contributed by atoms with E-state index in [9.17, 15) is 0 Å². The second-order valence-electron chi connectivity index (χ2n) is 5.20. The van der Waals surface area contributed by atoms with Crippen molar-refractivity contribution in [2.45, 2.75) is 52.0 Å². The fraction of sp³-hybridized carbons (Fsp3) is 0.625. The molecule has 0 saturated heterocycles. The maximum Gasteiger partial charge on any atom is 0.175 e. The van der Waals surface area contributed by atoms with E-state index in [1.165, 1.54) is 19.3 Å². The number of halogens is 1. The van der Waals surface area contributed by atoms with Gasteiger partial charge in [0.15, 0.2) is 11.5 Å². The number of benzene rings is 1. The van der Waals surface area contributed by atoms with E-state index in [2.05, 4.69) is 28.9 Å². The van der Waals surface area contributed by atoms with Gasteiger partial charge in [0.25, 0.3) is 0 Å². The fourth-order valence-electron chi connectivity index (χ4n) is 2.11. The summed E-state index contributed by atoms with van der Waals surface area (Å²) in [5.74, 6) is 1.56. The molecule has 114 valence electrons. The molecule has 0 spiro atoms. The highest BCUT2D eigenvalue weighted by Gasteiger charge is 2.12. The molecule has 1 rings (SSSR count). The van der Waals surface area contributed by atoms with Gasteiger partial charge in [-0.15, -0.1) is 0 Å². The van der Waals surface area contributed by atoms with Gasteiger partial charge < -0.3 is 15.2 Å². The molecule has 3 nitrogen and oxygen atoms in total. The lowest BCUT2D eigenvalue weighted by Crippen LogP contribution is -2.17. The lowest BCUT2D eigenvalue weighted by molar-refractivity contribution is 0.283. The number of unbranched alkanes of at least 4 members (excludes halogenated alkanes) is 3. The normalized spacial score (nSPS) is 12.2. The van der Waals surface area contributed by atoms with Crippen molar-refractivity contribution >= 4 is 15.9 Å². The van der Waals surface area contributed by atoms with E-state index in [1.807, 2.05) is 13.0 Å². The van der Waals surface area contributed by atoms with Crippen LogP contribution in [0.2, 0.25) is 0 Å². The zero-order chi connectivity index (χ0) is 15.0. The van der Waals surface area contributed by atoms with Crippen LogP contribution in [0.5, 0.6) is 11.5 Å². The van der Waals surface area contributed by atoms with Crippen LogP contribution < -0.4 is 15.2 Å². The van der Waals surface area contributed by atoms with Crippen LogP contribution in [-0.2, 0) is 6.42 Å². The molecule has 0 radical (unpaired) electrons. The molecule has 20 heavy (non-hydrogen) atoms. The summed E-state index contributed by atoms with van der Waals surface area (Å²) in [5.41, 5.74) is 7.00. The molecule has 4 heteroatoms. The Kier molecular flexibility index (Phi) is 8.00. The topological polar surface area (TPSA) is 44.5 Å². The lowest BCUT2D eigenvalue weighted by Gasteiger charge is -2.15. The number of hydrogen-bond acceptors (Lipinski definition) is 3. The van der Waals surface area contributed by atoms with Crippen molar-refractivity contribution in [3.05, 3.63) is 22.2 Å². The summed E-state index contributed by atoms with van der Waals surface area (Å²) in [6.45, 7) is 4.93. The highest BCUT2D eigenvalue weighted by molar-refractivity contribution is 9.10. The number of nitrogens with two attached hydrogens (primary N) is 1. The SMILES string of the molecule is CCCCCCOc1c(Br)cc(CC(C)N)cc1OC. The average Bonchev–Trinajstić information content (AvgIpc) is 2.39. The molecule has 1 unspecified atom stereocenters. The van der Waals surface area contributed by atoms with Crippen molar-refractivity contribution in [1.82, 2.24) is 0 Å². The Morgan fingerprint density at radius 3 is 2.60 bits per heavy atom. The molecule has 2 N–H and O–H groups in total. The van der Waals surface area contributed by atoms with Crippen molar-refractivity contribution in [1.29, 1.82) is 0 Å². The Hall–Kier alpha value is -0.740. The molecule has 0 bridgehead atoms. The number of ether oxygens (including phenoxy) is 2. The molecular weight excluding hydrogens is 318 g/mol. The predicted octanol–water partition coefficient (Wildman–Crippen LogP) is 4.31. The Balaban J connectivity index is 2.69. The van der Waals surface area contributed by atoms with E-state index in [4.69, 9.17) is 15.2 Å². The smallest absolute Gasteiger partial charge is 0.175 e. The molecule has 1 aromatic rings. The summed E-state index contributed by atoms with van der Waals surface area (Å²) in [5, 5.41) is 0. The highest BCUT2D eigenvalue weighted by atomic mass is 79.9. The first-order chi connectivity index (χ1) is 9.58. The Labute approximate surface area is 131 Å². The maximum absolute atomic E-state index is 5.86. The fourth-order valence-corrected chi connectivity index (χ4v) is 2.71. The first-order valence-corrected chi connectivity index (χ1v) is 8.12. The Morgan fingerprint density at radius 2 is 2.00 bits per heavy atom. The van der Waals surface area contributed by atoms with Crippen LogP contribution in [-0.4, -0.2) is 19.8 Å². The molecule has 0 aliphatic heterocycles. The predicted molar refractivity (Wildman–Crippen MR) is 87.7 cm³/mol. The first kappa shape index (κ1) is 17.3. The van der Waals surface area contributed by atoms with Crippen molar-refractivity contribution in [2.75, 3.05) is 13.7 Å². The van der Waals surface area contributed by atoms with E-state index in [0.29, 0.717) is 0 Å². The average molecular weight is 344 g/mol. The van der Waals surface area contributed by atoms with Gasteiger partial charge in [-0.2, -0.15) is 0 Å². The van der Waals surface area contributed by atoms with E-state index >= 15 is 0 Å². The molecule has 0 saturated carbocycles. The number of rotatable bonds is 9. The van der Waals surface area contributed by atoms with Crippen LogP contribution in [0.15, 0.2) is 16.6 Å². The van der Waals surface area contributed by atoms with Gasteiger partial charge in [-0.25, -0.2) is 0 Å². The number of hydrogen-bond donors (Lipinski definition) is 1. The molecule has 0 amide bonds. The maximum atomic E-state index is 5.86. The largest absolute Gasteiger partial charge is 0.493 e. The summed E-state index contributed by atoms with van der Waals surface area (Å²) in [4.78, 5) is 0. The van der Waals surface area contributed by atoms with E-state index in [0.717, 1.165) is 41.0 Å². The second-order valence-corrected chi connectivity index (χ2v) is 6.05. The minimum atomic E-state index is 0.132. The summed E-state index contributed by atoms with van der Waals surface area (Å²) in [6.07, 6.45) is 5.60. The van der Waals surface area contributed by atoms with Gasteiger partial charge in [0, 0.05) is 6.04 Å². The monoisotopic (exact) mass is 343 g/mol. The Morgan fingerprint density at radius 1 is 1.25 bits per heavy atom. The summed E-state index contributed by atoms with van der Waals surface area (Å²) in [6, 6.07) is 4.20. The van der Waals surface area contributed by atoms with E-state index in [-0.39, 0.29) is 6.04 Å². The van der Waals surface area contributed by atoms with Crippen LogP contribution in [0, 0.1) is 0 Å². The van der Waals surface area contributed by atoms with Gasteiger partial charge in [0.05, 0.1) is 18.2 Å². The lowest BCUT2D eigenvalue weighted by atomic mass is 10.1. The van der Waals surface area contributed by atoms with Crippen molar-refractivity contribution < 1.29 is 9.47 Å². The summed E-state index contributed by atoms with van der Waals surface area (Å²) < 4.78 is 12.2. The highest BCUT2D eigenvalue weighted by Crippen LogP contribution is 2.37. The molecule has 1 aromatic carbocycles. The zero-order valence-electron chi connectivity index (χ0n) is 12.7. The first-order valence-electron chi connectivity index (χ1n) is 7.33. The van der Waals surface area contributed by atoms with Crippen LogP contribution in [0.4, 0.5) is 0 Å². The van der Waals surface area contributed by atoms with Crippen molar-refractivity contribution in [3.8, 4) is 11.5 Å². The van der Waals surface area contributed by atoms with Gasteiger partial charge >= 0.3 is 0 Å². The van der Waals surface area contributed by atoms with E-state index < -0.39 is 0 Å². The minimum Gasteiger partial charge on any atom is -0.493 e. The van der Waals surface area contributed by atoms with E-state index in [1.54, 1.807) is 7.11 Å². The molecule has 0 aliphatic carbocycles. The van der Waals surface area contributed by atoms with Crippen molar-refractivity contribution in [3.63, 3.8) is 0 Å². The summed E-state index contributed by atoms with van der Waals surface area (Å²) in [7, 11) is 1.67. The van der Waals surface area contributed by atoms with Gasteiger partial charge in [0.2, 0.25) is 0 Å². The third-order valence-electron chi connectivity index (χ3n) is 3.09. The van der Waals surface area contributed by atoms with Gasteiger partial charge in [-0.05, 0) is 53.4 Å². The molecule has 1 atom stereocenters. The van der Waals surface area contributed by atoms with Crippen LogP contribution in [0.3, 0.4) is 0 Å². The zero-order valence-corrected chi connectivity index (χ0v) is 14.3. The third-order valence-corrected chi connectivity index (χ3v) is 3.68. The molecular formula is C16H26BrNO2. The second kappa shape index (κ2) is 9.24. The minimum absolute atomic E-state index is 0.132. The van der Waals surface area contributed by atoms with Gasteiger partial charge in [-0.3, -0.25) is 0 Å². The summed E-state index contributed by atoms with van der Waals surface area (Å²) >= 11 is 3.57. The quantitative estimate of drug-likeness (QED) is 0.679. The molecule has 0 aromatic heterocycles. The van der Waals surface area contributed by atoms with Crippen LogP contribution in [0.1, 0.15) is 45.1 Å². The standard InChI is InChI=1S/C16H26BrNO2/c1-4-5-6-7-8-20-16-14(17)10-13(9-12(2)18)11-15(16)19-3/h10-12H,4-9,18H2,1-3H3.